The van der Waals surface area contributed by atoms with Gasteiger partial charge in [0.1, 0.15) is 5.75 Å². The van der Waals surface area contributed by atoms with Crippen LogP contribution in [0.15, 0.2) is 23.6 Å². The molecule has 1 heterocycles. The van der Waals surface area contributed by atoms with Gasteiger partial charge in [-0.15, -0.1) is 11.3 Å². The van der Waals surface area contributed by atoms with Crippen LogP contribution >= 0.6 is 11.3 Å². The van der Waals surface area contributed by atoms with E-state index in [0.29, 0.717) is 5.56 Å². The molecule has 2 rings (SSSR count). The van der Waals surface area contributed by atoms with Gasteiger partial charge in [0.05, 0.1) is 4.88 Å². The number of carbonyl (C=O) groups is 1. The van der Waals surface area contributed by atoms with E-state index < -0.39 is 0 Å². The first-order valence-electron chi connectivity index (χ1n) is 7.64. The SMILES string of the molecule is CNC.Cc1ccsc1C(=O)c1cc(C)c(O)c(C(C)(C)C)c1. The Hall–Kier alpha value is -1.65. The quantitative estimate of drug-likeness (QED) is 0.799. The lowest BCUT2D eigenvalue weighted by Crippen LogP contribution is -2.14. The van der Waals surface area contributed by atoms with Crippen LogP contribution in [0.25, 0.3) is 0 Å². The maximum Gasteiger partial charge on any atom is 0.203 e. The normalized spacial score (nSPS) is 10.9. The molecule has 0 saturated heterocycles. The van der Waals surface area contributed by atoms with E-state index in [1.807, 2.05) is 66.2 Å². The Morgan fingerprint density at radius 1 is 1.13 bits per heavy atom. The van der Waals surface area contributed by atoms with E-state index in [9.17, 15) is 9.90 Å². The first-order chi connectivity index (χ1) is 10.6. The molecule has 0 spiro atoms. The summed E-state index contributed by atoms with van der Waals surface area (Å²) in [7, 11) is 3.75. The van der Waals surface area contributed by atoms with E-state index in [0.717, 1.165) is 21.6 Å². The van der Waals surface area contributed by atoms with Gasteiger partial charge < -0.3 is 10.4 Å². The Morgan fingerprint density at radius 2 is 1.70 bits per heavy atom. The Morgan fingerprint density at radius 3 is 2.13 bits per heavy atom. The summed E-state index contributed by atoms with van der Waals surface area (Å²) in [5.74, 6) is 0.322. The minimum Gasteiger partial charge on any atom is -0.507 e. The second-order valence-electron chi connectivity index (χ2n) is 6.70. The molecule has 0 bridgehead atoms. The highest BCUT2D eigenvalue weighted by Gasteiger charge is 2.23. The number of benzene rings is 1. The summed E-state index contributed by atoms with van der Waals surface area (Å²) >= 11 is 1.46. The number of thiophene rings is 1. The summed E-state index contributed by atoms with van der Waals surface area (Å²) in [4.78, 5) is 13.4. The maximum absolute atomic E-state index is 12.6. The fraction of sp³-hybridized carbons (Fsp3) is 0.421. The number of rotatable bonds is 2. The fourth-order valence-electron chi connectivity index (χ4n) is 2.22. The third-order valence-corrected chi connectivity index (χ3v) is 4.45. The molecule has 0 aliphatic carbocycles. The zero-order chi connectivity index (χ0) is 17.8. The lowest BCUT2D eigenvalue weighted by molar-refractivity contribution is 0.104. The average molecular weight is 333 g/mol. The molecule has 0 saturated carbocycles. The number of aryl methyl sites for hydroxylation is 2. The van der Waals surface area contributed by atoms with Crippen molar-refractivity contribution >= 4 is 17.1 Å². The predicted molar refractivity (Wildman–Crippen MR) is 99.0 cm³/mol. The van der Waals surface area contributed by atoms with Gasteiger partial charge in [0.2, 0.25) is 5.78 Å². The van der Waals surface area contributed by atoms with Crippen LogP contribution in [-0.2, 0) is 5.41 Å². The molecule has 1 aromatic heterocycles. The molecule has 0 aliphatic heterocycles. The molecule has 0 aliphatic rings. The van der Waals surface area contributed by atoms with Crippen molar-refractivity contribution < 1.29 is 9.90 Å². The highest BCUT2D eigenvalue weighted by Crippen LogP contribution is 2.35. The lowest BCUT2D eigenvalue weighted by Gasteiger charge is -2.22. The van der Waals surface area contributed by atoms with Crippen molar-refractivity contribution in [3.8, 4) is 5.75 Å². The third-order valence-electron chi connectivity index (χ3n) is 3.44. The van der Waals surface area contributed by atoms with Gasteiger partial charge in [-0.3, -0.25) is 4.79 Å². The first kappa shape index (κ1) is 19.4. The summed E-state index contributed by atoms with van der Waals surface area (Å²) in [5, 5.41) is 14.9. The van der Waals surface area contributed by atoms with Crippen molar-refractivity contribution in [1.82, 2.24) is 5.32 Å². The summed E-state index contributed by atoms with van der Waals surface area (Å²) in [5.41, 5.74) is 3.01. The van der Waals surface area contributed by atoms with Gasteiger partial charge >= 0.3 is 0 Å². The van der Waals surface area contributed by atoms with Crippen LogP contribution < -0.4 is 5.32 Å². The number of hydrogen-bond donors (Lipinski definition) is 2. The van der Waals surface area contributed by atoms with Gasteiger partial charge in [-0.1, -0.05) is 20.8 Å². The largest absolute Gasteiger partial charge is 0.507 e. The molecule has 0 atom stereocenters. The zero-order valence-electron chi connectivity index (χ0n) is 15.1. The van der Waals surface area contributed by atoms with Crippen LogP contribution in [0.1, 0.15) is 52.7 Å². The monoisotopic (exact) mass is 333 g/mol. The Kier molecular flexibility index (Phi) is 6.54. The highest BCUT2D eigenvalue weighted by atomic mass is 32.1. The molecule has 3 nitrogen and oxygen atoms in total. The summed E-state index contributed by atoms with van der Waals surface area (Å²) in [6.45, 7) is 9.88. The van der Waals surface area contributed by atoms with E-state index in [4.69, 9.17) is 0 Å². The van der Waals surface area contributed by atoms with Gasteiger partial charge in [-0.25, -0.2) is 0 Å². The van der Waals surface area contributed by atoms with Crippen molar-refractivity contribution in [3.05, 3.63) is 50.7 Å². The Bertz CT molecular complexity index is 681. The molecular formula is C19H27NO2S. The number of aromatic hydroxyl groups is 1. The molecule has 0 unspecified atom stereocenters. The lowest BCUT2D eigenvalue weighted by atomic mass is 9.83. The van der Waals surface area contributed by atoms with Gasteiger partial charge in [-0.05, 0) is 68.1 Å². The van der Waals surface area contributed by atoms with Crippen molar-refractivity contribution in [2.75, 3.05) is 14.1 Å². The van der Waals surface area contributed by atoms with E-state index in [-0.39, 0.29) is 16.9 Å². The molecule has 0 amide bonds. The molecule has 0 radical (unpaired) electrons. The van der Waals surface area contributed by atoms with Crippen molar-refractivity contribution in [2.45, 2.75) is 40.0 Å². The first-order valence-corrected chi connectivity index (χ1v) is 8.52. The topological polar surface area (TPSA) is 49.3 Å². The molecule has 126 valence electrons. The van der Waals surface area contributed by atoms with Crippen LogP contribution in [-0.4, -0.2) is 25.0 Å². The van der Waals surface area contributed by atoms with Crippen molar-refractivity contribution in [1.29, 1.82) is 0 Å². The Balaban J connectivity index is 0.000000816. The summed E-state index contributed by atoms with van der Waals surface area (Å²) in [6, 6.07) is 5.55. The molecule has 2 aromatic rings. The summed E-state index contributed by atoms with van der Waals surface area (Å²) in [6.07, 6.45) is 0. The minimum atomic E-state index is -0.199. The molecule has 0 fully saturated rings. The predicted octanol–water partition coefficient (Wildman–Crippen LogP) is 4.43. The van der Waals surface area contributed by atoms with Gasteiger partial charge in [0, 0.05) is 11.1 Å². The van der Waals surface area contributed by atoms with Crippen LogP contribution in [0.4, 0.5) is 0 Å². The van der Waals surface area contributed by atoms with Gasteiger partial charge in [0.25, 0.3) is 0 Å². The standard InChI is InChI=1S/C17H20O2S.C2H7N/c1-10-6-7-20-16(10)15(19)12-8-11(2)14(18)13(9-12)17(3,4)5;1-3-2/h6-9,18H,1-5H3;3H,1-2H3. The van der Waals surface area contributed by atoms with E-state index in [1.54, 1.807) is 6.07 Å². The van der Waals surface area contributed by atoms with Crippen molar-refractivity contribution in [2.24, 2.45) is 0 Å². The number of phenols is 1. The number of ketones is 1. The Labute approximate surface area is 143 Å². The molecule has 2 N–H and O–H groups in total. The molecule has 4 heteroatoms. The molecular weight excluding hydrogens is 306 g/mol. The molecule has 1 aromatic carbocycles. The number of hydrogen-bond acceptors (Lipinski definition) is 4. The number of carbonyl (C=O) groups excluding carboxylic acids is 1. The second-order valence-corrected chi connectivity index (χ2v) is 7.62. The van der Waals surface area contributed by atoms with E-state index >= 15 is 0 Å². The zero-order valence-corrected chi connectivity index (χ0v) is 15.9. The number of phenolic OH excluding ortho intramolecular Hbond substituents is 1. The van der Waals surface area contributed by atoms with Crippen molar-refractivity contribution in [3.63, 3.8) is 0 Å². The van der Waals surface area contributed by atoms with Gasteiger partial charge in [0.15, 0.2) is 0 Å². The molecule has 23 heavy (non-hydrogen) atoms. The van der Waals surface area contributed by atoms with Gasteiger partial charge in [-0.2, -0.15) is 0 Å². The maximum atomic E-state index is 12.6. The average Bonchev–Trinajstić information content (AvgIpc) is 2.86. The fourth-order valence-corrected chi connectivity index (χ4v) is 3.11. The minimum absolute atomic E-state index is 0.0334. The second kappa shape index (κ2) is 7.75. The third kappa shape index (κ3) is 4.66. The number of nitrogens with one attached hydrogen (secondary N) is 1. The van der Waals surface area contributed by atoms with Crippen LogP contribution in [0.3, 0.4) is 0 Å². The van der Waals surface area contributed by atoms with E-state index in [2.05, 4.69) is 5.32 Å². The van der Waals surface area contributed by atoms with Crippen LogP contribution in [0, 0.1) is 13.8 Å². The smallest absolute Gasteiger partial charge is 0.203 e. The van der Waals surface area contributed by atoms with Crippen LogP contribution in [0.2, 0.25) is 0 Å². The summed E-state index contributed by atoms with van der Waals surface area (Å²) < 4.78 is 0. The highest BCUT2D eigenvalue weighted by molar-refractivity contribution is 7.12. The van der Waals surface area contributed by atoms with E-state index in [1.165, 1.54) is 11.3 Å². The van der Waals surface area contributed by atoms with Crippen LogP contribution in [0.5, 0.6) is 5.75 Å².